The zero-order valence-corrected chi connectivity index (χ0v) is 7.26. The van der Waals surface area contributed by atoms with Gasteiger partial charge in [0.1, 0.15) is 10.9 Å². The normalized spacial score (nSPS) is 13.7. The average molecular weight is 192 g/mol. The molecule has 0 bridgehead atoms. The number of ether oxygens (including phenoxy) is 1. The Balaban J connectivity index is 4.69. The molecule has 0 heterocycles. The van der Waals surface area contributed by atoms with Crippen molar-refractivity contribution in [2.45, 2.75) is 0 Å². The zero-order valence-electron chi connectivity index (χ0n) is 6.50. The number of esters is 1. The first-order chi connectivity index (χ1) is 5.49. The van der Waals surface area contributed by atoms with Gasteiger partial charge in [0.25, 0.3) is 0 Å². The Bertz CT molecular complexity index is 243. The summed E-state index contributed by atoms with van der Waals surface area (Å²) < 4.78 is 4.30. The van der Waals surface area contributed by atoms with Crippen LogP contribution in [0.15, 0.2) is 22.6 Å². The Kier molecular flexibility index (Phi) is 3.99. The van der Waals surface area contributed by atoms with Gasteiger partial charge in [-0.25, -0.2) is 4.79 Å². The number of methoxy groups -OCH3 is 1. The summed E-state index contributed by atoms with van der Waals surface area (Å²) in [5.74, 6) is -0.721. The van der Waals surface area contributed by atoms with E-state index in [4.69, 9.17) is 28.8 Å². The molecule has 0 spiro atoms. The minimum Gasteiger partial charge on any atom is -0.464 e. The Morgan fingerprint density at radius 3 is 2.25 bits per heavy atom. The van der Waals surface area contributed by atoms with E-state index in [0.717, 1.165) is 6.08 Å². The number of carbonyl (C=O) groups is 1. The molecule has 0 atom stereocenters. The van der Waals surface area contributed by atoms with Crippen molar-refractivity contribution in [1.82, 2.24) is 0 Å². The van der Waals surface area contributed by atoms with Gasteiger partial charge in [-0.15, -0.1) is 0 Å². The van der Waals surface area contributed by atoms with Gasteiger partial charge in [-0.1, -0.05) is 11.6 Å². The van der Waals surface area contributed by atoms with Crippen molar-refractivity contribution in [3.63, 3.8) is 0 Å². The first-order valence-electron chi connectivity index (χ1n) is 2.95. The predicted octanol–water partition coefficient (Wildman–Crippen LogP) is -0.673. The van der Waals surface area contributed by atoms with Gasteiger partial charge in [0.15, 0.2) is 0 Å². The van der Waals surface area contributed by atoms with E-state index in [1.807, 2.05) is 0 Å². The van der Waals surface area contributed by atoms with Crippen LogP contribution in [0.4, 0.5) is 0 Å². The van der Waals surface area contributed by atoms with Crippen molar-refractivity contribution in [2.75, 3.05) is 7.11 Å². The van der Waals surface area contributed by atoms with Gasteiger partial charge < -0.3 is 21.9 Å². The number of rotatable bonds is 2. The molecule has 12 heavy (non-hydrogen) atoms. The second-order valence-electron chi connectivity index (χ2n) is 1.89. The summed E-state index contributed by atoms with van der Waals surface area (Å²) >= 11 is 5.28. The highest BCUT2D eigenvalue weighted by Gasteiger charge is 2.07. The van der Waals surface area contributed by atoms with Gasteiger partial charge in [0.05, 0.1) is 12.8 Å². The fraction of sp³-hybridized carbons (Fsp3) is 0.167. The van der Waals surface area contributed by atoms with Crippen LogP contribution in [0.3, 0.4) is 0 Å². The largest absolute Gasteiger partial charge is 0.464 e. The molecule has 68 valence electrons. The minimum absolute atomic E-state index is 0.0191. The molecule has 0 unspecified atom stereocenters. The minimum atomic E-state index is -0.721. The van der Waals surface area contributed by atoms with Crippen molar-refractivity contribution in [1.29, 1.82) is 0 Å². The highest BCUT2D eigenvalue weighted by Crippen LogP contribution is 2.00. The van der Waals surface area contributed by atoms with Gasteiger partial charge in [-0.2, -0.15) is 0 Å². The number of carbonyl (C=O) groups excluding carboxylic acids is 1. The molecule has 0 aromatic carbocycles. The lowest BCUT2D eigenvalue weighted by molar-refractivity contribution is -0.136. The van der Waals surface area contributed by atoms with E-state index < -0.39 is 5.97 Å². The fourth-order valence-electron chi connectivity index (χ4n) is 0.454. The first-order valence-corrected chi connectivity index (χ1v) is 3.33. The Morgan fingerprint density at radius 2 is 1.92 bits per heavy atom. The number of halogens is 1. The molecule has 0 saturated heterocycles. The topological polar surface area (TPSA) is 104 Å². The smallest absolute Gasteiger partial charge is 0.356 e. The third-order valence-electron chi connectivity index (χ3n) is 1.01. The number of hydrogen-bond donors (Lipinski definition) is 3. The van der Waals surface area contributed by atoms with Crippen LogP contribution >= 0.6 is 11.6 Å². The van der Waals surface area contributed by atoms with Crippen LogP contribution in [0.25, 0.3) is 0 Å². The van der Waals surface area contributed by atoms with Crippen LogP contribution in [-0.4, -0.2) is 13.1 Å². The highest BCUT2D eigenvalue weighted by molar-refractivity contribution is 6.29. The maximum absolute atomic E-state index is 10.7. The molecule has 0 aliphatic rings. The van der Waals surface area contributed by atoms with Crippen LogP contribution < -0.4 is 17.2 Å². The van der Waals surface area contributed by atoms with E-state index in [1.54, 1.807) is 0 Å². The molecule has 5 nitrogen and oxygen atoms in total. The second-order valence-corrected chi connectivity index (χ2v) is 2.33. The van der Waals surface area contributed by atoms with Crippen molar-refractivity contribution in [3.8, 4) is 0 Å². The Hall–Kier alpha value is -1.36. The van der Waals surface area contributed by atoms with E-state index in [9.17, 15) is 4.79 Å². The second kappa shape index (κ2) is 4.50. The molecule has 0 fully saturated rings. The third kappa shape index (κ3) is 3.16. The first kappa shape index (κ1) is 10.6. The predicted molar refractivity (Wildman–Crippen MR) is 45.5 cm³/mol. The standard InChI is InChI=1S/C6H10ClN3O2/c1-12-6(11)5(10)3(8)2-4(7)9/h2H,8-10H2,1H3/b4-2-,5-3+. The Labute approximate surface area is 74.8 Å². The van der Waals surface area contributed by atoms with E-state index >= 15 is 0 Å². The highest BCUT2D eigenvalue weighted by atomic mass is 35.5. The molecule has 0 aromatic heterocycles. The molecule has 0 aliphatic carbocycles. The fourth-order valence-corrected chi connectivity index (χ4v) is 0.572. The van der Waals surface area contributed by atoms with Crippen molar-refractivity contribution in [2.24, 2.45) is 17.2 Å². The monoisotopic (exact) mass is 191 g/mol. The maximum atomic E-state index is 10.7. The van der Waals surface area contributed by atoms with Crippen LogP contribution in [0.5, 0.6) is 0 Å². The average Bonchev–Trinajstić information content (AvgIpc) is 2.00. The van der Waals surface area contributed by atoms with Gasteiger partial charge in [0.2, 0.25) is 0 Å². The van der Waals surface area contributed by atoms with Gasteiger partial charge >= 0.3 is 5.97 Å². The third-order valence-corrected chi connectivity index (χ3v) is 1.12. The molecule has 0 aliphatic heterocycles. The quantitative estimate of drug-likeness (QED) is 0.232. The van der Waals surface area contributed by atoms with Crippen LogP contribution in [0.1, 0.15) is 0 Å². The van der Waals surface area contributed by atoms with Gasteiger partial charge in [-0.05, 0) is 6.08 Å². The maximum Gasteiger partial charge on any atom is 0.356 e. The van der Waals surface area contributed by atoms with Gasteiger partial charge in [-0.3, -0.25) is 0 Å². The summed E-state index contributed by atoms with van der Waals surface area (Å²) in [6.45, 7) is 0. The summed E-state index contributed by atoms with van der Waals surface area (Å²) in [5.41, 5.74) is 15.4. The number of hydrogen-bond acceptors (Lipinski definition) is 5. The molecule has 0 aromatic rings. The van der Waals surface area contributed by atoms with Crippen molar-refractivity contribution >= 4 is 17.6 Å². The van der Waals surface area contributed by atoms with E-state index in [1.165, 1.54) is 7.11 Å². The van der Waals surface area contributed by atoms with E-state index in [2.05, 4.69) is 4.74 Å². The Morgan fingerprint density at radius 1 is 1.42 bits per heavy atom. The SMILES string of the molecule is COC(=O)/C(N)=C(N)/C=C(\N)Cl. The van der Waals surface area contributed by atoms with Crippen LogP contribution in [0.2, 0.25) is 0 Å². The lowest BCUT2D eigenvalue weighted by Crippen LogP contribution is -2.18. The summed E-state index contributed by atoms with van der Waals surface area (Å²) in [4.78, 5) is 10.7. The summed E-state index contributed by atoms with van der Waals surface area (Å²) in [6.07, 6.45) is 1.16. The summed E-state index contributed by atoms with van der Waals surface area (Å²) in [7, 11) is 1.19. The molecule has 0 amide bonds. The van der Waals surface area contributed by atoms with Crippen LogP contribution in [-0.2, 0) is 9.53 Å². The van der Waals surface area contributed by atoms with E-state index in [0.29, 0.717) is 0 Å². The molecule has 6 N–H and O–H groups in total. The number of allylic oxidation sites excluding steroid dienone is 1. The molecule has 0 rings (SSSR count). The van der Waals surface area contributed by atoms with Crippen molar-refractivity contribution < 1.29 is 9.53 Å². The van der Waals surface area contributed by atoms with E-state index in [-0.39, 0.29) is 16.6 Å². The lowest BCUT2D eigenvalue weighted by Gasteiger charge is -2.00. The summed E-state index contributed by atoms with van der Waals surface area (Å²) in [5, 5.41) is -0.0562. The molecule has 0 radical (unpaired) electrons. The lowest BCUT2D eigenvalue weighted by atomic mass is 10.3. The van der Waals surface area contributed by atoms with Crippen molar-refractivity contribution in [3.05, 3.63) is 22.6 Å². The molecule has 6 heteroatoms. The summed E-state index contributed by atoms with van der Waals surface area (Å²) in [6, 6.07) is 0. The van der Waals surface area contributed by atoms with Gasteiger partial charge in [0, 0.05) is 0 Å². The molecule has 0 saturated carbocycles. The zero-order chi connectivity index (χ0) is 9.72. The number of nitrogens with two attached hydrogens (primary N) is 3. The van der Waals surface area contributed by atoms with Crippen LogP contribution in [0, 0.1) is 0 Å². The molecular weight excluding hydrogens is 182 g/mol. The molecular formula is C6H10ClN3O2.